The fraction of sp³-hybridized carbons (Fsp3) is 0.500. The molecule has 0 saturated heterocycles. The number of rotatable bonds is 2. The van der Waals surface area contributed by atoms with Crippen molar-refractivity contribution in [2.24, 2.45) is 0 Å². The smallest absolute Gasteiger partial charge is 0.252 e. The monoisotopic (exact) mass is 274 g/mol. The molecule has 0 aliphatic heterocycles. The van der Waals surface area contributed by atoms with Gasteiger partial charge in [0.25, 0.3) is 5.91 Å². The number of nitriles is 1. The number of nitrogens with zero attached hydrogens (tertiary/aromatic N) is 1. The number of hydrogen-bond donors (Lipinski definition) is 1. The molecule has 3 nitrogen and oxygen atoms in total. The summed E-state index contributed by atoms with van der Waals surface area (Å²) in [4.78, 5) is 12.3. The van der Waals surface area contributed by atoms with E-state index >= 15 is 0 Å². The molecule has 2 rings (SSSR count). The van der Waals surface area contributed by atoms with E-state index in [2.05, 4.69) is 11.4 Å². The third-order valence-corrected chi connectivity index (χ3v) is 3.94. The minimum atomic E-state index is -0.768. The van der Waals surface area contributed by atoms with Crippen LogP contribution in [-0.4, -0.2) is 11.4 Å². The van der Waals surface area contributed by atoms with Gasteiger partial charge in [-0.1, -0.05) is 25.7 Å². The minimum absolute atomic E-state index is 0.295. The lowest BCUT2D eigenvalue weighted by molar-refractivity contribution is 0.0912. The molecule has 1 N–H and O–H groups in total. The summed E-state index contributed by atoms with van der Waals surface area (Å²) in [5.74, 6) is -0.623. The summed E-state index contributed by atoms with van der Waals surface area (Å²) in [6.45, 7) is 1.62. The van der Waals surface area contributed by atoms with E-state index in [1.165, 1.54) is 18.2 Å². The molecule has 1 fully saturated rings. The molecular weight excluding hydrogens is 255 g/mol. The quantitative estimate of drug-likeness (QED) is 0.839. The lowest BCUT2D eigenvalue weighted by atomic mass is 9.91. The fourth-order valence-corrected chi connectivity index (χ4v) is 2.67. The van der Waals surface area contributed by atoms with Crippen molar-refractivity contribution >= 4 is 5.91 Å². The van der Waals surface area contributed by atoms with Gasteiger partial charge in [-0.2, -0.15) is 5.26 Å². The van der Waals surface area contributed by atoms with Gasteiger partial charge in [0.15, 0.2) is 0 Å². The maximum absolute atomic E-state index is 13.2. The highest BCUT2D eigenvalue weighted by molar-refractivity contribution is 5.95. The average molecular weight is 274 g/mol. The molecule has 0 aromatic heterocycles. The number of amides is 1. The molecule has 0 unspecified atom stereocenters. The first kappa shape index (κ1) is 14.5. The molecule has 1 aliphatic carbocycles. The molecule has 0 bridgehead atoms. The second-order valence-corrected chi connectivity index (χ2v) is 5.53. The first-order valence-electron chi connectivity index (χ1n) is 7.06. The van der Waals surface area contributed by atoms with Gasteiger partial charge in [0, 0.05) is 5.56 Å². The minimum Gasteiger partial charge on any atom is -0.334 e. The Hall–Kier alpha value is -1.89. The lowest BCUT2D eigenvalue weighted by Crippen LogP contribution is -2.47. The zero-order valence-electron chi connectivity index (χ0n) is 11.7. The predicted molar refractivity (Wildman–Crippen MR) is 74.6 cm³/mol. The van der Waals surface area contributed by atoms with Crippen LogP contribution in [0.1, 0.15) is 54.4 Å². The Morgan fingerprint density at radius 3 is 2.50 bits per heavy atom. The highest BCUT2D eigenvalue weighted by Gasteiger charge is 2.32. The molecule has 4 heteroatoms. The normalized spacial score (nSPS) is 17.9. The number of hydrogen-bond acceptors (Lipinski definition) is 2. The summed E-state index contributed by atoms with van der Waals surface area (Å²) >= 11 is 0. The average Bonchev–Trinajstić information content (AvgIpc) is 2.68. The molecule has 0 radical (unpaired) electrons. The molecule has 1 amide bonds. The first-order valence-corrected chi connectivity index (χ1v) is 7.06. The zero-order chi connectivity index (χ0) is 14.6. The Kier molecular flexibility index (Phi) is 4.39. The number of nitrogens with one attached hydrogen (secondary N) is 1. The van der Waals surface area contributed by atoms with Gasteiger partial charge in [-0.25, -0.2) is 4.39 Å². The molecule has 1 aromatic carbocycles. The number of carbonyl (C=O) groups excluding carboxylic acids is 1. The van der Waals surface area contributed by atoms with Crippen molar-refractivity contribution in [3.05, 3.63) is 35.1 Å². The van der Waals surface area contributed by atoms with E-state index in [4.69, 9.17) is 0 Å². The maximum atomic E-state index is 13.2. The van der Waals surface area contributed by atoms with Crippen molar-refractivity contribution in [2.75, 3.05) is 0 Å². The molecule has 1 aromatic rings. The van der Waals surface area contributed by atoms with Gasteiger partial charge in [-0.05, 0) is 43.5 Å². The first-order chi connectivity index (χ1) is 9.56. The summed E-state index contributed by atoms with van der Waals surface area (Å²) < 4.78 is 13.2. The van der Waals surface area contributed by atoms with Crippen molar-refractivity contribution < 1.29 is 9.18 Å². The van der Waals surface area contributed by atoms with Crippen LogP contribution in [0, 0.1) is 24.1 Å². The van der Waals surface area contributed by atoms with Crippen LogP contribution in [0.2, 0.25) is 0 Å². The topological polar surface area (TPSA) is 52.9 Å². The molecular formula is C16H19FN2O. The Labute approximate surface area is 118 Å². The van der Waals surface area contributed by atoms with Crippen LogP contribution in [0.25, 0.3) is 0 Å². The van der Waals surface area contributed by atoms with Gasteiger partial charge in [-0.3, -0.25) is 4.79 Å². The van der Waals surface area contributed by atoms with Crippen LogP contribution in [0.5, 0.6) is 0 Å². The Bertz CT molecular complexity index is 540. The van der Waals surface area contributed by atoms with Crippen molar-refractivity contribution in [1.29, 1.82) is 5.26 Å². The number of benzene rings is 1. The van der Waals surface area contributed by atoms with E-state index in [-0.39, 0.29) is 11.7 Å². The van der Waals surface area contributed by atoms with E-state index in [1.807, 2.05) is 0 Å². The van der Waals surface area contributed by atoms with Crippen LogP contribution < -0.4 is 5.32 Å². The standard InChI is InChI=1S/C16H19FN2O/c1-12-10-13(6-7-14(12)17)15(20)19-16(11-18)8-4-2-3-5-9-16/h6-7,10H,2-5,8-9H2,1H3,(H,19,20). The van der Waals surface area contributed by atoms with Gasteiger partial charge in [0.2, 0.25) is 0 Å². The van der Waals surface area contributed by atoms with Crippen molar-refractivity contribution in [1.82, 2.24) is 5.32 Å². The number of aryl methyl sites for hydroxylation is 1. The number of carbonyl (C=O) groups is 1. The summed E-state index contributed by atoms with van der Waals surface area (Å²) in [5, 5.41) is 12.3. The third-order valence-electron chi connectivity index (χ3n) is 3.94. The molecule has 0 spiro atoms. The van der Waals surface area contributed by atoms with E-state index < -0.39 is 5.54 Å². The summed E-state index contributed by atoms with van der Waals surface area (Å²) in [6.07, 6.45) is 5.50. The highest BCUT2D eigenvalue weighted by atomic mass is 19.1. The van der Waals surface area contributed by atoms with Gasteiger partial charge >= 0.3 is 0 Å². The van der Waals surface area contributed by atoms with Crippen molar-refractivity contribution in [3.8, 4) is 6.07 Å². The van der Waals surface area contributed by atoms with Crippen LogP contribution in [-0.2, 0) is 0 Å². The Balaban J connectivity index is 2.16. The predicted octanol–water partition coefficient (Wildman–Crippen LogP) is 3.48. The third kappa shape index (κ3) is 3.16. The summed E-state index contributed by atoms with van der Waals surface area (Å²) in [5.41, 5.74) is 0.0721. The van der Waals surface area contributed by atoms with E-state index in [9.17, 15) is 14.4 Å². The second-order valence-electron chi connectivity index (χ2n) is 5.53. The summed E-state index contributed by atoms with van der Waals surface area (Å²) in [6, 6.07) is 6.54. The van der Waals surface area contributed by atoms with Crippen LogP contribution in [0.15, 0.2) is 18.2 Å². The number of halogens is 1. The van der Waals surface area contributed by atoms with Crippen LogP contribution in [0.3, 0.4) is 0 Å². The van der Waals surface area contributed by atoms with E-state index in [0.29, 0.717) is 24.0 Å². The molecule has 106 valence electrons. The van der Waals surface area contributed by atoms with Gasteiger partial charge in [-0.15, -0.1) is 0 Å². The molecule has 1 saturated carbocycles. The second kappa shape index (κ2) is 6.04. The zero-order valence-corrected chi connectivity index (χ0v) is 11.7. The Morgan fingerprint density at radius 2 is 1.95 bits per heavy atom. The van der Waals surface area contributed by atoms with Gasteiger partial charge < -0.3 is 5.32 Å². The molecule has 20 heavy (non-hydrogen) atoms. The van der Waals surface area contributed by atoms with E-state index in [0.717, 1.165) is 25.7 Å². The molecule has 0 heterocycles. The van der Waals surface area contributed by atoms with Crippen molar-refractivity contribution in [3.63, 3.8) is 0 Å². The fourth-order valence-electron chi connectivity index (χ4n) is 2.67. The summed E-state index contributed by atoms with van der Waals surface area (Å²) in [7, 11) is 0. The molecule has 0 atom stereocenters. The van der Waals surface area contributed by atoms with Gasteiger partial charge in [0.05, 0.1) is 6.07 Å². The largest absolute Gasteiger partial charge is 0.334 e. The van der Waals surface area contributed by atoms with Gasteiger partial charge in [0.1, 0.15) is 11.4 Å². The van der Waals surface area contributed by atoms with Crippen molar-refractivity contribution in [2.45, 2.75) is 51.0 Å². The lowest BCUT2D eigenvalue weighted by Gasteiger charge is -2.26. The highest BCUT2D eigenvalue weighted by Crippen LogP contribution is 2.27. The SMILES string of the molecule is Cc1cc(C(=O)NC2(C#N)CCCCCC2)ccc1F. The Morgan fingerprint density at radius 1 is 1.30 bits per heavy atom. The maximum Gasteiger partial charge on any atom is 0.252 e. The van der Waals surface area contributed by atoms with Crippen LogP contribution >= 0.6 is 0 Å². The van der Waals surface area contributed by atoms with Crippen LogP contribution in [0.4, 0.5) is 4.39 Å². The molecule has 1 aliphatic rings. The van der Waals surface area contributed by atoms with E-state index in [1.54, 1.807) is 6.92 Å².